The molecule has 2 atom stereocenters. The van der Waals surface area contributed by atoms with E-state index in [0.717, 1.165) is 44.7 Å². The van der Waals surface area contributed by atoms with E-state index in [-0.39, 0.29) is 23.5 Å². The quantitative estimate of drug-likeness (QED) is 0.856. The second-order valence-corrected chi connectivity index (χ2v) is 7.20. The number of fused-ring (bicyclic) bond motifs is 1. The van der Waals surface area contributed by atoms with Crippen LogP contribution in [0.15, 0.2) is 18.3 Å². The molecule has 0 unspecified atom stereocenters. The fraction of sp³-hybridized carbons (Fsp3) is 0.722. The standard InChI is InChI=1S/C18H28N2O3/c1-14(2)23-13-18-8-5-11-22-16(18)7-10-20(12-18)17(21)15-6-4-9-19(15)3/h4,6,9,14,16H,5,7-8,10-13H2,1-3H3/t16-,18+/m1/s1. The fourth-order valence-corrected chi connectivity index (χ4v) is 3.85. The van der Waals surface area contributed by atoms with E-state index in [1.807, 2.05) is 34.8 Å². The lowest BCUT2D eigenvalue weighted by atomic mass is 9.73. The van der Waals surface area contributed by atoms with Crippen LogP contribution in [0.1, 0.15) is 43.6 Å². The van der Waals surface area contributed by atoms with Gasteiger partial charge in [-0.3, -0.25) is 4.79 Å². The van der Waals surface area contributed by atoms with Gasteiger partial charge in [0.2, 0.25) is 0 Å². The van der Waals surface area contributed by atoms with Crippen LogP contribution in [-0.4, -0.2) is 53.9 Å². The fourth-order valence-electron chi connectivity index (χ4n) is 3.85. The number of amides is 1. The van der Waals surface area contributed by atoms with E-state index in [9.17, 15) is 4.79 Å². The van der Waals surface area contributed by atoms with Crippen molar-refractivity contribution < 1.29 is 14.3 Å². The lowest BCUT2D eigenvalue weighted by Gasteiger charge is -2.50. The summed E-state index contributed by atoms with van der Waals surface area (Å²) in [5.74, 6) is 0.116. The molecule has 0 aliphatic carbocycles. The summed E-state index contributed by atoms with van der Waals surface area (Å²) in [6.07, 6.45) is 5.35. The van der Waals surface area contributed by atoms with Gasteiger partial charge in [-0.15, -0.1) is 0 Å². The molecule has 128 valence electrons. The lowest BCUT2D eigenvalue weighted by Crippen LogP contribution is -2.58. The zero-order valence-electron chi connectivity index (χ0n) is 14.5. The van der Waals surface area contributed by atoms with Gasteiger partial charge in [0, 0.05) is 38.4 Å². The van der Waals surface area contributed by atoms with Gasteiger partial charge in [0.05, 0.1) is 18.8 Å². The van der Waals surface area contributed by atoms with Gasteiger partial charge in [-0.1, -0.05) is 0 Å². The molecule has 1 aromatic rings. The van der Waals surface area contributed by atoms with Crippen molar-refractivity contribution in [2.75, 3.05) is 26.3 Å². The number of aromatic nitrogens is 1. The number of carbonyl (C=O) groups excluding carboxylic acids is 1. The number of likely N-dealkylation sites (tertiary alicyclic amines) is 1. The predicted octanol–water partition coefficient (Wildman–Crippen LogP) is 2.46. The Balaban J connectivity index is 1.77. The summed E-state index contributed by atoms with van der Waals surface area (Å²) in [5, 5.41) is 0. The molecule has 5 heteroatoms. The maximum atomic E-state index is 12.9. The largest absolute Gasteiger partial charge is 0.378 e. The van der Waals surface area contributed by atoms with Gasteiger partial charge in [-0.05, 0) is 45.2 Å². The Labute approximate surface area is 138 Å². The van der Waals surface area contributed by atoms with E-state index in [1.165, 1.54) is 0 Å². The van der Waals surface area contributed by atoms with Crippen LogP contribution in [0.5, 0.6) is 0 Å². The molecule has 0 spiro atoms. The topological polar surface area (TPSA) is 43.7 Å². The van der Waals surface area contributed by atoms with E-state index >= 15 is 0 Å². The van der Waals surface area contributed by atoms with E-state index in [2.05, 4.69) is 13.8 Å². The Hall–Kier alpha value is -1.33. The minimum absolute atomic E-state index is 0.0540. The Morgan fingerprint density at radius 2 is 2.35 bits per heavy atom. The summed E-state index contributed by atoms with van der Waals surface area (Å²) in [7, 11) is 1.92. The maximum absolute atomic E-state index is 12.9. The number of rotatable bonds is 4. The van der Waals surface area contributed by atoms with Crippen molar-refractivity contribution in [2.45, 2.75) is 45.3 Å². The lowest BCUT2D eigenvalue weighted by molar-refractivity contribution is -0.152. The highest BCUT2D eigenvalue weighted by Gasteiger charge is 2.47. The van der Waals surface area contributed by atoms with Gasteiger partial charge in [-0.2, -0.15) is 0 Å². The monoisotopic (exact) mass is 320 g/mol. The summed E-state index contributed by atoms with van der Waals surface area (Å²) >= 11 is 0. The molecule has 2 saturated heterocycles. The third-order valence-corrected chi connectivity index (χ3v) is 5.14. The summed E-state index contributed by atoms with van der Waals surface area (Å²) in [4.78, 5) is 14.9. The second-order valence-electron chi connectivity index (χ2n) is 7.20. The van der Waals surface area contributed by atoms with Crippen LogP contribution in [0.3, 0.4) is 0 Å². The molecule has 0 bridgehead atoms. The first kappa shape index (κ1) is 16.5. The van der Waals surface area contributed by atoms with Crippen molar-refractivity contribution >= 4 is 5.91 Å². The van der Waals surface area contributed by atoms with Crippen LogP contribution >= 0.6 is 0 Å². The predicted molar refractivity (Wildman–Crippen MR) is 88.4 cm³/mol. The summed E-state index contributed by atoms with van der Waals surface area (Å²) in [6, 6.07) is 3.81. The number of hydrogen-bond acceptors (Lipinski definition) is 3. The number of carbonyl (C=O) groups is 1. The van der Waals surface area contributed by atoms with Crippen LogP contribution in [0, 0.1) is 5.41 Å². The molecule has 1 amide bonds. The number of hydrogen-bond donors (Lipinski definition) is 0. The molecule has 2 fully saturated rings. The van der Waals surface area contributed by atoms with E-state index < -0.39 is 0 Å². The van der Waals surface area contributed by atoms with Crippen molar-refractivity contribution in [1.29, 1.82) is 0 Å². The van der Waals surface area contributed by atoms with Crippen molar-refractivity contribution in [1.82, 2.24) is 9.47 Å². The van der Waals surface area contributed by atoms with E-state index in [0.29, 0.717) is 6.61 Å². The third-order valence-electron chi connectivity index (χ3n) is 5.14. The number of piperidine rings is 1. The maximum Gasteiger partial charge on any atom is 0.270 e. The highest BCUT2D eigenvalue weighted by Crippen LogP contribution is 2.41. The molecular weight excluding hydrogens is 292 g/mol. The summed E-state index contributed by atoms with van der Waals surface area (Å²) in [5.41, 5.74) is 0.696. The number of ether oxygens (including phenoxy) is 2. The van der Waals surface area contributed by atoms with Gasteiger partial charge in [0.1, 0.15) is 5.69 Å². The summed E-state index contributed by atoms with van der Waals surface area (Å²) < 4.78 is 13.9. The Morgan fingerprint density at radius 1 is 1.52 bits per heavy atom. The summed E-state index contributed by atoms with van der Waals surface area (Å²) in [6.45, 7) is 7.12. The van der Waals surface area contributed by atoms with Gasteiger partial charge in [0.15, 0.2) is 0 Å². The minimum Gasteiger partial charge on any atom is -0.378 e. The van der Waals surface area contributed by atoms with Crippen LogP contribution in [-0.2, 0) is 16.5 Å². The first-order chi connectivity index (χ1) is 11.0. The first-order valence-corrected chi connectivity index (χ1v) is 8.66. The van der Waals surface area contributed by atoms with Crippen LogP contribution in [0.4, 0.5) is 0 Å². The van der Waals surface area contributed by atoms with Crippen LogP contribution in [0.25, 0.3) is 0 Å². The molecule has 3 rings (SSSR count). The minimum atomic E-state index is -0.0540. The highest BCUT2D eigenvalue weighted by atomic mass is 16.5. The Kier molecular flexibility index (Phi) is 4.78. The van der Waals surface area contributed by atoms with Crippen molar-refractivity contribution in [3.05, 3.63) is 24.0 Å². The van der Waals surface area contributed by atoms with Crippen LogP contribution in [0.2, 0.25) is 0 Å². The molecule has 1 aromatic heterocycles. The van der Waals surface area contributed by atoms with Crippen molar-refractivity contribution in [3.63, 3.8) is 0 Å². The zero-order valence-corrected chi connectivity index (χ0v) is 14.5. The molecule has 0 radical (unpaired) electrons. The first-order valence-electron chi connectivity index (χ1n) is 8.66. The Bertz CT molecular complexity index is 554. The van der Waals surface area contributed by atoms with Gasteiger partial charge in [0.25, 0.3) is 5.91 Å². The van der Waals surface area contributed by atoms with Crippen molar-refractivity contribution in [3.8, 4) is 0 Å². The van der Waals surface area contributed by atoms with Crippen LogP contribution < -0.4 is 0 Å². The van der Waals surface area contributed by atoms with Gasteiger partial charge < -0.3 is 18.9 Å². The zero-order chi connectivity index (χ0) is 16.4. The molecule has 23 heavy (non-hydrogen) atoms. The number of nitrogens with zero attached hydrogens (tertiary/aromatic N) is 2. The molecule has 0 saturated carbocycles. The average molecular weight is 320 g/mol. The smallest absolute Gasteiger partial charge is 0.270 e. The van der Waals surface area contributed by atoms with Gasteiger partial charge >= 0.3 is 0 Å². The molecule has 2 aliphatic rings. The average Bonchev–Trinajstić information content (AvgIpc) is 2.98. The van der Waals surface area contributed by atoms with E-state index in [1.54, 1.807) is 0 Å². The number of aryl methyl sites for hydroxylation is 1. The SMILES string of the molecule is CC(C)OC[C@@]12CCCO[C@@H]1CCN(C(=O)c1cccn1C)C2. The Morgan fingerprint density at radius 3 is 3.04 bits per heavy atom. The second kappa shape index (κ2) is 6.65. The third kappa shape index (κ3) is 3.31. The van der Waals surface area contributed by atoms with Crippen molar-refractivity contribution in [2.24, 2.45) is 12.5 Å². The highest BCUT2D eigenvalue weighted by molar-refractivity contribution is 5.92. The van der Waals surface area contributed by atoms with Gasteiger partial charge in [-0.25, -0.2) is 0 Å². The molecule has 3 heterocycles. The molecule has 0 aromatic carbocycles. The molecule has 5 nitrogen and oxygen atoms in total. The van der Waals surface area contributed by atoms with E-state index in [4.69, 9.17) is 9.47 Å². The molecule has 0 N–H and O–H groups in total. The normalized spacial score (nSPS) is 28.0. The molecular formula is C18H28N2O3. The molecule has 2 aliphatic heterocycles.